The van der Waals surface area contributed by atoms with Crippen LogP contribution in [-0.2, 0) is 4.79 Å². The minimum absolute atomic E-state index is 0.0412. The number of hydrogen-bond donors (Lipinski definition) is 1. The molecule has 0 atom stereocenters. The average Bonchev–Trinajstić information content (AvgIpc) is 2.77. The molecule has 1 aliphatic heterocycles. The fraction of sp³-hybridized carbons (Fsp3) is 0.440. The normalized spacial score (nSPS) is 15.4. The lowest BCUT2D eigenvalue weighted by Crippen LogP contribution is -2.42. The number of ether oxygens (including phenoxy) is 1. The Hall–Kier alpha value is -2.82. The molecule has 160 valence electrons. The smallest absolute Gasteiger partial charge is 0.255 e. The minimum Gasteiger partial charge on any atom is -0.490 e. The van der Waals surface area contributed by atoms with Crippen molar-refractivity contribution in [2.45, 2.75) is 48.0 Å². The number of carbonyl (C=O) groups is 2. The molecule has 0 fully saturated rings. The summed E-state index contributed by atoms with van der Waals surface area (Å²) in [4.78, 5) is 27.8. The van der Waals surface area contributed by atoms with Crippen molar-refractivity contribution in [3.8, 4) is 5.75 Å². The Morgan fingerprint density at radius 2 is 1.87 bits per heavy atom. The molecule has 2 aromatic rings. The second-order valence-electron chi connectivity index (χ2n) is 9.25. The number of amides is 2. The molecule has 5 heteroatoms. The molecule has 0 unspecified atom stereocenters. The van der Waals surface area contributed by atoms with E-state index in [1.807, 2.05) is 69.0 Å². The van der Waals surface area contributed by atoms with E-state index in [1.165, 1.54) is 0 Å². The predicted molar refractivity (Wildman–Crippen MR) is 121 cm³/mol. The third-order valence-corrected chi connectivity index (χ3v) is 5.62. The van der Waals surface area contributed by atoms with Crippen molar-refractivity contribution in [1.29, 1.82) is 0 Å². The number of benzene rings is 2. The van der Waals surface area contributed by atoms with Crippen LogP contribution in [0.4, 0.5) is 11.4 Å². The highest BCUT2D eigenvalue weighted by Crippen LogP contribution is 2.38. The molecule has 5 nitrogen and oxygen atoms in total. The van der Waals surface area contributed by atoms with Crippen LogP contribution in [0.5, 0.6) is 5.75 Å². The number of rotatable bonds is 5. The van der Waals surface area contributed by atoms with E-state index in [4.69, 9.17) is 4.74 Å². The van der Waals surface area contributed by atoms with Crippen molar-refractivity contribution in [3.63, 3.8) is 0 Å². The van der Waals surface area contributed by atoms with Gasteiger partial charge in [0, 0.05) is 17.8 Å². The molecule has 3 rings (SSSR count). The Kier molecular flexibility index (Phi) is 6.20. The largest absolute Gasteiger partial charge is 0.490 e. The molecular formula is C25H32N2O3. The summed E-state index contributed by atoms with van der Waals surface area (Å²) >= 11 is 0. The quantitative estimate of drug-likeness (QED) is 0.725. The van der Waals surface area contributed by atoms with E-state index in [1.54, 1.807) is 0 Å². The van der Waals surface area contributed by atoms with Gasteiger partial charge in [-0.1, -0.05) is 19.9 Å². The van der Waals surface area contributed by atoms with Crippen LogP contribution in [0.15, 0.2) is 36.4 Å². The summed E-state index contributed by atoms with van der Waals surface area (Å²) in [5.41, 5.74) is 3.57. The third kappa shape index (κ3) is 4.66. The first-order valence-corrected chi connectivity index (χ1v) is 10.6. The molecule has 1 heterocycles. The zero-order chi connectivity index (χ0) is 22.1. The first-order valence-electron chi connectivity index (χ1n) is 10.6. The molecule has 2 aromatic carbocycles. The van der Waals surface area contributed by atoms with Gasteiger partial charge < -0.3 is 15.0 Å². The number of fused-ring (bicyclic) bond motifs is 1. The van der Waals surface area contributed by atoms with E-state index in [2.05, 4.69) is 19.2 Å². The highest BCUT2D eigenvalue weighted by Gasteiger charge is 2.37. The Morgan fingerprint density at radius 1 is 1.13 bits per heavy atom. The van der Waals surface area contributed by atoms with Crippen molar-refractivity contribution >= 4 is 23.2 Å². The van der Waals surface area contributed by atoms with Gasteiger partial charge in [-0.05, 0) is 81.5 Å². The highest BCUT2D eigenvalue weighted by atomic mass is 16.5. The molecule has 0 bridgehead atoms. The minimum atomic E-state index is -0.612. The molecule has 0 aliphatic carbocycles. The van der Waals surface area contributed by atoms with Gasteiger partial charge in [0.1, 0.15) is 12.4 Å². The van der Waals surface area contributed by atoms with Crippen LogP contribution in [0, 0.1) is 25.2 Å². The number of anilines is 2. The molecule has 0 spiro atoms. The van der Waals surface area contributed by atoms with Crippen molar-refractivity contribution < 1.29 is 14.3 Å². The maximum Gasteiger partial charge on any atom is 0.255 e. The zero-order valence-electron chi connectivity index (χ0n) is 18.8. The topological polar surface area (TPSA) is 58.6 Å². The van der Waals surface area contributed by atoms with Gasteiger partial charge in [0.15, 0.2) is 0 Å². The van der Waals surface area contributed by atoms with Crippen LogP contribution >= 0.6 is 0 Å². The first kappa shape index (κ1) is 21.9. The molecule has 0 saturated carbocycles. The van der Waals surface area contributed by atoms with E-state index >= 15 is 0 Å². The van der Waals surface area contributed by atoms with Gasteiger partial charge in [-0.2, -0.15) is 0 Å². The number of hydrogen-bond acceptors (Lipinski definition) is 3. The number of carbonyl (C=O) groups excluding carboxylic acids is 2. The van der Waals surface area contributed by atoms with E-state index in [-0.39, 0.29) is 11.8 Å². The second kappa shape index (κ2) is 8.50. The zero-order valence-corrected chi connectivity index (χ0v) is 18.8. The van der Waals surface area contributed by atoms with Crippen molar-refractivity contribution in [2.24, 2.45) is 11.3 Å². The summed E-state index contributed by atoms with van der Waals surface area (Å²) in [5, 5.41) is 2.96. The van der Waals surface area contributed by atoms with Gasteiger partial charge >= 0.3 is 0 Å². The van der Waals surface area contributed by atoms with Crippen molar-refractivity contribution in [2.75, 3.05) is 23.4 Å². The molecule has 0 saturated heterocycles. The van der Waals surface area contributed by atoms with Crippen LogP contribution in [0.2, 0.25) is 0 Å². The SMILES string of the molecule is Cc1ccc(C(=O)Nc2ccc3c(c2)N(CCC(C)C)C(=O)C(C)(C)CO3)cc1C. The van der Waals surface area contributed by atoms with Crippen LogP contribution in [0.1, 0.15) is 55.6 Å². The Balaban J connectivity index is 1.91. The van der Waals surface area contributed by atoms with E-state index in [0.29, 0.717) is 41.8 Å². The summed E-state index contributed by atoms with van der Waals surface area (Å²) < 4.78 is 5.97. The van der Waals surface area contributed by atoms with Gasteiger partial charge in [0.05, 0.1) is 11.1 Å². The molecular weight excluding hydrogens is 376 g/mol. The fourth-order valence-electron chi connectivity index (χ4n) is 3.42. The number of nitrogens with one attached hydrogen (secondary N) is 1. The lowest BCUT2D eigenvalue weighted by molar-refractivity contribution is -0.127. The van der Waals surface area contributed by atoms with Crippen LogP contribution in [0.3, 0.4) is 0 Å². The van der Waals surface area contributed by atoms with Gasteiger partial charge in [0.2, 0.25) is 5.91 Å². The maximum absolute atomic E-state index is 13.2. The predicted octanol–water partition coefficient (Wildman–Crippen LogP) is 5.35. The molecule has 2 amide bonds. The Morgan fingerprint density at radius 3 is 2.53 bits per heavy atom. The number of nitrogens with zero attached hydrogens (tertiary/aromatic N) is 1. The van der Waals surface area contributed by atoms with Crippen LogP contribution < -0.4 is 15.0 Å². The van der Waals surface area contributed by atoms with Gasteiger partial charge in [-0.15, -0.1) is 0 Å². The third-order valence-electron chi connectivity index (χ3n) is 5.62. The first-order chi connectivity index (χ1) is 14.1. The summed E-state index contributed by atoms with van der Waals surface area (Å²) in [5.74, 6) is 1.01. The van der Waals surface area contributed by atoms with Gasteiger partial charge in [-0.3, -0.25) is 9.59 Å². The molecule has 0 aromatic heterocycles. The van der Waals surface area contributed by atoms with Gasteiger partial charge in [-0.25, -0.2) is 0 Å². The molecule has 30 heavy (non-hydrogen) atoms. The van der Waals surface area contributed by atoms with Crippen molar-refractivity contribution in [3.05, 3.63) is 53.1 Å². The van der Waals surface area contributed by atoms with Crippen molar-refractivity contribution in [1.82, 2.24) is 0 Å². The second-order valence-corrected chi connectivity index (χ2v) is 9.25. The Labute approximate surface area is 179 Å². The van der Waals surface area contributed by atoms with E-state index < -0.39 is 5.41 Å². The van der Waals surface area contributed by atoms with E-state index in [9.17, 15) is 9.59 Å². The Bertz CT molecular complexity index is 963. The number of aryl methyl sites for hydroxylation is 2. The lowest BCUT2D eigenvalue weighted by Gasteiger charge is -2.28. The maximum atomic E-state index is 13.2. The summed E-state index contributed by atoms with van der Waals surface area (Å²) in [7, 11) is 0. The molecule has 1 aliphatic rings. The van der Waals surface area contributed by atoms with Crippen LogP contribution in [-0.4, -0.2) is 25.0 Å². The molecule has 0 radical (unpaired) electrons. The summed E-state index contributed by atoms with van der Waals surface area (Å²) in [6.07, 6.45) is 0.889. The monoisotopic (exact) mass is 408 g/mol. The summed E-state index contributed by atoms with van der Waals surface area (Å²) in [6.45, 7) is 13.1. The van der Waals surface area contributed by atoms with Gasteiger partial charge in [0.25, 0.3) is 5.91 Å². The standard InChI is InChI=1S/C25H32N2O3/c1-16(2)11-12-27-21-14-20(9-10-22(21)30-15-25(5,6)24(27)29)26-23(28)19-8-7-17(3)18(4)13-19/h7-10,13-14,16H,11-12,15H2,1-6H3,(H,26,28). The fourth-order valence-corrected chi connectivity index (χ4v) is 3.42. The highest BCUT2D eigenvalue weighted by molar-refractivity contribution is 6.05. The molecule has 1 N–H and O–H groups in total. The summed E-state index contributed by atoms with van der Waals surface area (Å²) in [6, 6.07) is 11.2. The average molecular weight is 409 g/mol. The lowest BCUT2D eigenvalue weighted by atomic mass is 9.92. The van der Waals surface area contributed by atoms with Crippen LogP contribution in [0.25, 0.3) is 0 Å². The van der Waals surface area contributed by atoms with E-state index in [0.717, 1.165) is 17.5 Å².